The van der Waals surface area contributed by atoms with Gasteiger partial charge in [-0.05, 0) is 116 Å². The highest BCUT2D eigenvalue weighted by atomic mass is 16.7. The van der Waals surface area contributed by atoms with Crippen LogP contribution >= 0.6 is 0 Å². The SMILES string of the molecule is CC(C)(C)OC(=O)N[C@@H](Cc1ccc(OC(=O)OC(C)(C)C)cc1)C(=O)N[C@@H](C(=O)O)C12CC3CC(CC(C3)C1)C2. The van der Waals surface area contributed by atoms with Crippen LogP contribution in [0.3, 0.4) is 0 Å². The fourth-order valence-corrected chi connectivity index (χ4v) is 7.21. The van der Waals surface area contributed by atoms with Gasteiger partial charge in [-0.15, -0.1) is 0 Å². The summed E-state index contributed by atoms with van der Waals surface area (Å²) in [6.45, 7) is 10.4. The van der Waals surface area contributed by atoms with Gasteiger partial charge < -0.3 is 30.0 Å². The summed E-state index contributed by atoms with van der Waals surface area (Å²) in [7, 11) is 0. The lowest BCUT2D eigenvalue weighted by molar-refractivity contribution is -0.154. The highest BCUT2D eigenvalue weighted by Crippen LogP contribution is 2.61. The van der Waals surface area contributed by atoms with Gasteiger partial charge in [-0.25, -0.2) is 14.4 Å². The van der Waals surface area contributed by atoms with E-state index in [-0.39, 0.29) is 12.2 Å². The first-order valence-electron chi connectivity index (χ1n) is 14.5. The number of rotatable bonds is 8. The van der Waals surface area contributed by atoms with Crippen molar-refractivity contribution in [3.63, 3.8) is 0 Å². The number of benzene rings is 1. The molecule has 1 aromatic carbocycles. The van der Waals surface area contributed by atoms with Crippen LogP contribution in [-0.2, 0) is 25.5 Å². The molecule has 10 nitrogen and oxygen atoms in total. The second-order valence-electron chi connectivity index (χ2n) is 14.2. The number of amides is 2. The fourth-order valence-electron chi connectivity index (χ4n) is 7.21. The van der Waals surface area contributed by atoms with E-state index in [2.05, 4.69) is 10.6 Å². The largest absolute Gasteiger partial charge is 0.514 e. The number of hydrogen-bond donors (Lipinski definition) is 3. The standard InChI is InChI=1S/C31H44N2O8/c1-29(2,3)40-27(37)32-23(14-18-7-9-22(10-8-18)39-28(38)41-30(4,5)6)25(34)33-24(26(35)36)31-15-19-11-20(16-31)13-21(12-19)17-31/h7-10,19-21,23-24H,11-17H2,1-6H3,(H,32,37)(H,33,34)(H,35,36)/t19?,20?,21?,23-,24-,31?/m0/s1. The Balaban J connectivity index is 1.49. The van der Waals surface area contributed by atoms with E-state index >= 15 is 0 Å². The molecular weight excluding hydrogens is 528 g/mol. The third-order valence-corrected chi connectivity index (χ3v) is 8.19. The Morgan fingerprint density at radius 2 is 1.37 bits per heavy atom. The van der Waals surface area contributed by atoms with E-state index in [4.69, 9.17) is 14.2 Å². The summed E-state index contributed by atoms with van der Waals surface area (Å²) >= 11 is 0. The van der Waals surface area contributed by atoms with Crippen LogP contribution in [0.15, 0.2) is 24.3 Å². The van der Waals surface area contributed by atoms with Gasteiger partial charge >= 0.3 is 18.2 Å². The Morgan fingerprint density at radius 3 is 1.83 bits per heavy atom. The molecule has 5 rings (SSSR count). The second kappa shape index (κ2) is 11.5. The molecule has 0 radical (unpaired) electrons. The summed E-state index contributed by atoms with van der Waals surface area (Å²) in [4.78, 5) is 50.9. The molecule has 4 bridgehead atoms. The highest BCUT2D eigenvalue weighted by molar-refractivity contribution is 5.90. The molecule has 0 aromatic heterocycles. The van der Waals surface area contributed by atoms with Crippen molar-refractivity contribution in [3.05, 3.63) is 29.8 Å². The topological polar surface area (TPSA) is 140 Å². The van der Waals surface area contributed by atoms with Crippen LogP contribution in [0.1, 0.15) is 85.6 Å². The third-order valence-electron chi connectivity index (χ3n) is 8.19. The minimum atomic E-state index is -1.08. The number of alkyl carbamates (subject to hydrolysis) is 1. The Kier molecular flexibility index (Phi) is 8.62. The smallest absolute Gasteiger partial charge is 0.480 e. The molecule has 4 aliphatic carbocycles. The number of nitrogens with one attached hydrogen (secondary N) is 2. The van der Waals surface area contributed by atoms with Crippen LogP contribution < -0.4 is 15.4 Å². The zero-order chi connectivity index (χ0) is 30.2. The molecule has 1 aromatic rings. The van der Waals surface area contributed by atoms with Crippen molar-refractivity contribution in [2.75, 3.05) is 0 Å². The second-order valence-corrected chi connectivity index (χ2v) is 14.2. The van der Waals surface area contributed by atoms with Crippen molar-refractivity contribution in [1.29, 1.82) is 0 Å². The van der Waals surface area contributed by atoms with Gasteiger partial charge in [-0.1, -0.05) is 12.1 Å². The number of carbonyl (C=O) groups excluding carboxylic acids is 3. The summed E-state index contributed by atoms with van der Waals surface area (Å²) in [5.74, 6) is 0.177. The molecule has 4 aliphatic rings. The molecule has 2 amide bonds. The molecule has 226 valence electrons. The first-order valence-corrected chi connectivity index (χ1v) is 14.5. The van der Waals surface area contributed by atoms with E-state index in [1.807, 2.05) is 0 Å². The van der Waals surface area contributed by atoms with Crippen molar-refractivity contribution in [3.8, 4) is 5.75 Å². The third kappa shape index (κ3) is 8.14. The Morgan fingerprint density at radius 1 is 0.854 bits per heavy atom. The van der Waals surface area contributed by atoms with Gasteiger partial charge in [0.25, 0.3) is 0 Å². The molecule has 0 saturated heterocycles. The minimum absolute atomic E-state index is 0.0744. The van der Waals surface area contributed by atoms with Crippen LogP contribution in [-0.4, -0.2) is 52.5 Å². The van der Waals surface area contributed by atoms with Crippen molar-refractivity contribution in [2.24, 2.45) is 23.2 Å². The summed E-state index contributed by atoms with van der Waals surface area (Å²) < 4.78 is 15.8. The quantitative estimate of drug-likeness (QED) is 0.284. The highest BCUT2D eigenvalue weighted by Gasteiger charge is 2.56. The zero-order valence-corrected chi connectivity index (χ0v) is 25.0. The summed E-state index contributed by atoms with van der Waals surface area (Å²) in [5, 5.41) is 15.8. The maximum atomic E-state index is 13.7. The monoisotopic (exact) mass is 572 g/mol. The number of carboxylic acid groups (broad SMARTS) is 1. The lowest BCUT2D eigenvalue weighted by Gasteiger charge is -2.58. The molecule has 0 heterocycles. The predicted octanol–water partition coefficient (Wildman–Crippen LogP) is 5.22. The molecule has 2 atom stereocenters. The maximum absolute atomic E-state index is 13.7. The zero-order valence-electron chi connectivity index (χ0n) is 25.0. The van der Waals surface area contributed by atoms with Crippen LogP contribution in [0.25, 0.3) is 0 Å². The van der Waals surface area contributed by atoms with Crippen LogP contribution in [0, 0.1) is 23.2 Å². The minimum Gasteiger partial charge on any atom is -0.480 e. The lowest BCUT2D eigenvalue weighted by atomic mass is 9.47. The molecule has 0 unspecified atom stereocenters. The number of aliphatic carboxylic acids is 1. The Hall–Kier alpha value is -3.30. The lowest BCUT2D eigenvalue weighted by Crippen LogP contribution is -2.62. The molecule has 4 saturated carbocycles. The number of hydrogen-bond acceptors (Lipinski definition) is 7. The van der Waals surface area contributed by atoms with Crippen molar-refractivity contribution >= 4 is 24.1 Å². The van der Waals surface area contributed by atoms with Gasteiger partial charge in [-0.3, -0.25) is 4.79 Å². The molecule has 4 fully saturated rings. The van der Waals surface area contributed by atoms with Crippen LogP contribution in [0.5, 0.6) is 5.75 Å². The van der Waals surface area contributed by atoms with E-state index in [0.717, 1.165) is 38.5 Å². The van der Waals surface area contributed by atoms with Crippen molar-refractivity contribution < 1.29 is 38.5 Å². The number of carbonyl (C=O) groups is 4. The predicted molar refractivity (Wildman–Crippen MR) is 150 cm³/mol. The first kappa shape index (κ1) is 30.7. The molecule has 41 heavy (non-hydrogen) atoms. The molecule has 3 N–H and O–H groups in total. The number of ether oxygens (including phenoxy) is 3. The van der Waals surface area contributed by atoms with Gasteiger partial charge in [0.05, 0.1) is 0 Å². The summed E-state index contributed by atoms with van der Waals surface area (Å²) in [6, 6.07) is 4.36. The van der Waals surface area contributed by atoms with E-state index < -0.39 is 52.8 Å². The van der Waals surface area contributed by atoms with Gasteiger partial charge in [-0.2, -0.15) is 0 Å². The average molecular weight is 573 g/mol. The van der Waals surface area contributed by atoms with Gasteiger partial charge in [0, 0.05) is 11.8 Å². The van der Waals surface area contributed by atoms with Crippen LogP contribution in [0.2, 0.25) is 0 Å². The van der Waals surface area contributed by atoms with E-state index in [1.54, 1.807) is 65.8 Å². The van der Waals surface area contributed by atoms with Gasteiger partial charge in [0.2, 0.25) is 5.91 Å². The molecular formula is C31H44N2O8. The first-order chi connectivity index (χ1) is 19.0. The summed E-state index contributed by atoms with van der Waals surface area (Å²) in [6.07, 6.45) is 4.33. The molecule has 0 spiro atoms. The normalized spacial score (nSPS) is 26.4. The van der Waals surface area contributed by atoms with E-state index in [9.17, 15) is 24.3 Å². The van der Waals surface area contributed by atoms with E-state index in [1.165, 1.54) is 0 Å². The van der Waals surface area contributed by atoms with Crippen molar-refractivity contribution in [1.82, 2.24) is 10.6 Å². The summed E-state index contributed by atoms with van der Waals surface area (Å²) in [5.41, 5.74) is -1.28. The molecule has 0 aliphatic heterocycles. The van der Waals surface area contributed by atoms with E-state index in [0.29, 0.717) is 23.3 Å². The number of carboxylic acids is 1. The van der Waals surface area contributed by atoms with Gasteiger partial charge in [0.15, 0.2) is 0 Å². The Labute approximate surface area is 241 Å². The molecule has 10 heteroatoms. The van der Waals surface area contributed by atoms with Crippen molar-refractivity contribution in [2.45, 2.75) is 110 Å². The van der Waals surface area contributed by atoms with Gasteiger partial charge in [0.1, 0.15) is 29.0 Å². The Bertz CT molecular complexity index is 1110. The van der Waals surface area contributed by atoms with Crippen LogP contribution in [0.4, 0.5) is 9.59 Å². The maximum Gasteiger partial charge on any atom is 0.514 e. The fraction of sp³-hybridized carbons (Fsp3) is 0.677. The average Bonchev–Trinajstić information content (AvgIpc) is 2.79.